The van der Waals surface area contributed by atoms with E-state index in [1.54, 1.807) is 11.3 Å². The molecule has 1 aromatic heterocycles. The number of anilines is 1. The maximum Gasteiger partial charge on any atom is 0.183 e. The predicted octanol–water partition coefficient (Wildman–Crippen LogP) is 5.95. The van der Waals surface area contributed by atoms with Crippen LogP contribution >= 0.6 is 11.3 Å². The van der Waals surface area contributed by atoms with E-state index >= 15 is 0 Å². The van der Waals surface area contributed by atoms with Crippen molar-refractivity contribution in [1.29, 1.82) is 0 Å². The average Bonchev–Trinajstić information content (AvgIpc) is 3.40. The molecule has 0 amide bonds. The third-order valence-corrected chi connectivity index (χ3v) is 6.17. The molecule has 0 bridgehead atoms. The van der Waals surface area contributed by atoms with Crippen LogP contribution in [0, 0.1) is 0 Å². The van der Waals surface area contributed by atoms with Crippen molar-refractivity contribution >= 4 is 16.5 Å². The van der Waals surface area contributed by atoms with Crippen molar-refractivity contribution in [3.63, 3.8) is 0 Å². The minimum atomic E-state index is 0.739. The fourth-order valence-corrected chi connectivity index (χ4v) is 4.66. The van der Waals surface area contributed by atoms with Crippen molar-refractivity contribution in [3.8, 4) is 17.0 Å². The maximum absolute atomic E-state index is 5.70. The standard InChI is InChI=1S/C25H22N2OS/c1-3-7-18(8-4-1)16-23-24(21-9-5-2-6-10-21)27-25(29-23)26-17-19-11-12-20-13-14-28-22(20)15-19/h1-12,15H,13-14,16-17H2,(H,26,27). The molecule has 3 aromatic carbocycles. The van der Waals surface area contributed by atoms with E-state index in [0.29, 0.717) is 0 Å². The topological polar surface area (TPSA) is 34.1 Å². The van der Waals surface area contributed by atoms with Gasteiger partial charge in [-0.2, -0.15) is 0 Å². The van der Waals surface area contributed by atoms with Gasteiger partial charge in [0, 0.05) is 29.8 Å². The first-order valence-corrected chi connectivity index (χ1v) is 10.7. The molecule has 29 heavy (non-hydrogen) atoms. The van der Waals surface area contributed by atoms with Crippen LogP contribution in [0.25, 0.3) is 11.3 Å². The average molecular weight is 399 g/mol. The summed E-state index contributed by atoms with van der Waals surface area (Å²) < 4.78 is 5.70. The summed E-state index contributed by atoms with van der Waals surface area (Å²) in [6.07, 6.45) is 1.90. The molecule has 0 radical (unpaired) electrons. The second-order valence-corrected chi connectivity index (χ2v) is 8.30. The van der Waals surface area contributed by atoms with Crippen LogP contribution in [0.5, 0.6) is 5.75 Å². The van der Waals surface area contributed by atoms with Crippen molar-refractivity contribution in [2.45, 2.75) is 19.4 Å². The summed E-state index contributed by atoms with van der Waals surface area (Å²) in [7, 11) is 0. The molecule has 0 spiro atoms. The van der Waals surface area contributed by atoms with Crippen LogP contribution in [-0.4, -0.2) is 11.6 Å². The minimum Gasteiger partial charge on any atom is -0.493 e. The second kappa shape index (κ2) is 8.10. The highest BCUT2D eigenvalue weighted by Crippen LogP contribution is 2.33. The Hall–Kier alpha value is -3.11. The van der Waals surface area contributed by atoms with Gasteiger partial charge in [0.2, 0.25) is 0 Å². The fraction of sp³-hybridized carbons (Fsp3) is 0.160. The van der Waals surface area contributed by atoms with E-state index in [0.717, 1.165) is 48.1 Å². The van der Waals surface area contributed by atoms with Crippen LogP contribution in [-0.2, 0) is 19.4 Å². The quantitative estimate of drug-likeness (QED) is 0.436. The normalized spacial score (nSPS) is 12.4. The van der Waals surface area contributed by atoms with Gasteiger partial charge in [0.05, 0.1) is 12.3 Å². The van der Waals surface area contributed by atoms with Gasteiger partial charge in [-0.15, -0.1) is 11.3 Å². The number of benzene rings is 3. The summed E-state index contributed by atoms with van der Waals surface area (Å²) in [5.74, 6) is 1.03. The molecule has 0 saturated heterocycles. The van der Waals surface area contributed by atoms with Gasteiger partial charge in [0.25, 0.3) is 0 Å². The van der Waals surface area contributed by atoms with Crippen molar-refractivity contribution in [3.05, 3.63) is 100 Å². The molecule has 1 N–H and O–H groups in total. The smallest absolute Gasteiger partial charge is 0.183 e. The molecular formula is C25H22N2OS. The van der Waals surface area contributed by atoms with Crippen LogP contribution in [0.3, 0.4) is 0 Å². The number of hydrogen-bond acceptors (Lipinski definition) is 4. The van der Waals surface area contributed by atoms with Gasteiger partial charge in [0.15, 0.2) is 5.13 Å². The molecule has 2 heterocycles. The number of thiazole rings is 1. The molecule has 0 unspecified atom stereocenters. The molecule has 3 nitrogen and oxygen atoms in total. The Morgan fingerprint density at radius 3 is 2.52 bits per heavy atom. The fourth-order valence-electron chi connectivity index (χ4n) is 3.65. The van der Waals surface area contributed by atoms with E-state index in [2.05, 4.69) is 78.1 Å². The van der Waals surface area contributed by atoms with Crippen LogP contribution in [0.2, 0.25) is 0 Å². The second-order valence-electron chi connectivity index (χ2n) is 7.21. The molecule has 4 aromatic rings. The summed E-state index contributed by atoms with van der Waals surface area (Å²) in [5, 5.41) is 4.48. The summed E-state index contributed by atoms with van der Waals surface area (Å²) in [6, 6.07) is 27.5. The zero-order chi connectivity index (χ0) is 19.5. The summed E-state index contributed by atoms with van der Waals surface area (Å²) in [6.45, 7) is 1.53. The number of aromatic nitrogens is 1. The maximum atomic E-state index is 5.70. The Morgan fingerprint density at radius 1 is 0.897 bits per heavy atom. The third-order valence-electron chi connectivity index (χ3n) is 5.16. The van der Waals surface area contributed by atoms with Crippen molar-refractivity contribution < 1.29 is 4.74 Å². The van der Waals surface area contributed by atoms with E-state index in [4.69, 9.17) is 9.72 Å². The van der Waals surface area contributed by atoms with E-state index in [1.165, 1.54) is 21.6 Å². The molecule has 0 aliphatic carbocycles. The highest BCUT2D eigenvalue weighted by atomic mass is 32.1. The Bertz CT molecular complexity index is 1110. The Labute approximate surface area is 175 Å². The highest BCUT2D eigenvalue weighted by molar-refractivity contribution is 7.16. The minimum absolute atomic E-state index is 0.739. The molecule has 5 rings (SSSR count). The lowest BCUT2D eigenvalue weighted by Gasteiger charge is -2.05. The van der Waals surface area contributed by atoms with E-state index in [-0.39, 0.29) is 0 Å². The molecule has 1 aliphatic rings. The first-order valence-electron chi connectivity index (χ1n) is 9.93. The molecule has 0 atom stereocenters. The van der Waals surface area contributed by atoms with Crippen molar-refractivity contribution in [1.82, 2.24) is 4.98 Å². The summed E-state index contributed by atoms with van der Waals surface area (Å²) >= 11 is 1.74. The lowest BCUT2D eigenvalue weighted by atomic mass is 10.1. The number of hydrogen-bond donors (Lipinski definition) is 1. The molecule has 4 heteroatoms. The summed E-state index contributed by atoms with van der Waals surface area (Å²) in [4.78, 5) is 6.22. The third kappa shape index (κ3) is 4.03. The number of ether oxygens (including phenoxy) is 1. The monoisotopic (exact) mass is 398 g/mol. The van der Waals surface area contributed by atoms with Gasteiger partial charge >= 0.3 is 0 Å². The lowest BCUT2D eigenvalue weighted by molar-refractivity contribution is 0.356. The van der Waals surface area contributed by atoms with Gasteiger partial charge in [0.1, 0.15) is 5.75 Å². The Kier molecular flexibility index (Phi) is 5.01. The number of nitrogens with zero attached hydrogens (tertiary/aromatic N) is 1. The molecule has 1 aliphatic heterocycles. The zero-order valence-corrected chi connectivity index (χ0v) is 16.9. The predicted molar refractivity (Wildman–Crippen MR) is 120 cm³/mol. The van der Waals surface area contributed by atoms with Crippen molar-refractivity contribution in [2.75, 3.05) is 11.9 Å². The Morgan fingerprint density at radius 2 is 1.69 bits per heavy atom. The number of nitrogens with one attached hydrogen (secondary N) is 1. The number of rotatable bonds is 6. The van der Waals surface area contributed by atoms with E-state index in [9.17, 15) is 0 Å². The first-order chi connectivity index (χ1) is 14.3. The van der Waals surface area contributed by atoms with E-state index < -0.39 is 0 Å². The molecular weight excluding hydrogens is 376 g/mol. The summed E-state index contributed by atoms with van der Waals surface area (Å²) in [5.41, 5.74) is 6.05. The zero-order valence-electron chi connectivity index (χ0n) is 16.1. The first kappa shape index (κ1) is 18.0. The largest absolute Gasteiger partial charge is 0.493 e. The van der Waals surface area contributed by atoms with Gasteiger partial charge in [-0.1, -0.05) is 72.8 Å². The van der Waals surface area contributed by atoms with E-state index in [1.807, 2.05) is 6.07 Å². The Balaban J connectivity index is 1.40. The van der Waals surface area contributed by atoms with Gasteiger partial charge in [-0.25, -0.2) is 4.98 Å². The molecule has 0 saturated carbocycles. The van der Waals surface area contributed by atoms with Crippen LogP contribution < -0.4 is 10.1 Å². The SMILES string of the molecule is c1ccc(Cc2sc(NCc3ccc4c(c3)OCC4)nc2-c2ccccc2)cc1. The van der Waals surface area contributed by atoms with Gasteiger partial charge in [-0.05, 0) is 22.8 Å². The van der Waals surface area contributed by atoms with Crippen LogP contribution in [0.1, 0.15) is 21.6 Å². The lowest BCUT2D eigenvalue weighted by Crippen LogP contribution is -1.99. The number of fused-ring (bicyclic) bond motifs is 1. The van der Waals surface area contributed by atoms with Gasteiger partial charge < -0.3 is 10.1 Å². The molecule has 144 valence electrons. The van der Waals surface area contributed by atoms with Crippen LogP contribution in [0.15, 0.2) is 78.9 Å². The highest BCUT2D eigenvalue weighted by Gasteiger charge is 2.15. The van der Waals surface area contributed by atoms with Crippen molar-refractivity contribution in [2.24, 2.45) is 0 Å². The van der Waals surface area contributed by atoms with Crippen LogP contribution in [0.4, 0.5) is 5.13 Å². The van der Waals surface area contributed by atoms with Gasteiger partial charge in [-0.3, -0.25) is 0 Å². The molecule has 0 fully saturated rings.